The minimum Gasteiger partial charge on any atom is -0.366 e. The highest BCUT2D eigenvalue weighted by molar-refractivity contribution is 6.17. The van der Waals surface area contributed by atoms with Gasteiger partial charge in [0.15, 0.2) is 11.3 Å². The Bertz CT molecular complexity index is 668. The summed E-state index contributed by atoms with van der Waals surface area (Å²) >= 11 is 0. The number of hydrogen-bond donors (Lipinski definition) is 1. The van der Waals surface area contributed by atoms with Crippen LogP contribution in [0.2, 0.25) is 0 Å². The molecular formula is C16H16F2N2O2. The molecule has 2 fully saturated rings. The number of rotatable bonds is 3. The highest BCUT2D eigenvalue weighted by atomic mass is 19.3. The van der Waals surface area contributed by atoms with Crippen LogP contribution in [0.1, 0.15) is 29.6 Å². The van der Waals surface area contributed by atoms with Crippen LogP contribution in [0.3, 0.4) is 0 Å². The number of halogens is 2. The highest BCUT2D eigenvalue weighted by Gasteiger charge is 2.72. The SMILES string of the molecule is O=C(N1CCC1)C(F)(F)C1(C2CC2)Nc2ccccc2C1=O. The minimum absolute atomic E-state index is 0.255. The number of carbonyl (C=O) groups excluding carboxylic acids is 2. The quantitative estimate of drug-likeness (QED) is 0.932. The lowest BCUT2D eigenvalue weighted by molar-refractivity contribution is -0.168. The summed E-state index contributed by atoms with van der Waals surface area (Å²) in [7, 11) is 0. The summed E-state index contributed by atoms with van der Waals surface area (Å²) in [5.41, 5.74) is -1.45. The number of fused-ring (bicyclic) bond motifs is 1. The number of likely N-dealkylation sites (tertiary alicyclic amines) is 1. The van der Waals surface area contributed by atoms with E-state index in [-0.39, 0.29) is 5.56 Å². The first-order chi connectivity index (χ1) is 10.5. The van der Waals surface area contributed by atoms with Crippen LogP contribution in [0.5, 0.6) is 0 Å². The smallest absolute Gasteiger partial charge is 0.354 e. The number of benzene rings is 1. The number of nitrogens with one attached hydrogen (secondary N) is 1. The number of alkyl halides is 2. The molecule has 1 aromatic rings. The summed E-state index contributed by atoms with van der Waals surface area (Å²) in [4.78, 5) is 26.2. The van der Waals surface area contributed by atoms with Crippen LogP contribution >= 0.6 is 0 Å². The zero-order chi connectivity index (χ0) is 15.5. The Morgan fingerprint density at radius 3 is 2.50 bits per heavy atom. The second-order valence-electron chi connectivity index (χ2n) is 6.30. The Hall–Kier alpha value is -1.98. The van der Waals surface area contributed by atoms with Gasteiger partial charge in [-0.1, -0.05) is 12.1 Å². The van der Waals surface area contributed by atoms with Crippen molar-refractivity contribution in [1.82, 2.24) is 4.90 Å². The first kappa shape index (κ1) is 13.7. The van der Waals surface area contributed by atoms with E-state index in [0.29, 0.717) is 31.6 Å². The van der Waals surface area contributed by atoms with E-state index in [4.69, 9.17) is 0 Å². The number of Topliss-reactive ketones (excluding diaryl/α,β-unsaturated/α-hetero) is 1. The lowest BCUT2D eigenvalue weighted by Crippen LogP contribution is -2.66. The predicted octanol–water partition coefficient (Wildman–Crippen LogP) is 2.31. The van der Waals surface area contributed by atoms with Crippen LogP contribution in [0.15, 0.2) is 24.3 Å². The molecule has 22 heavy (non-hydrogen) atoms. The van der Waals surface area contributed by atoms with Crippen LogP contribution in [-0.2, 0) is 4.79 Å². The van der Waals surface area contributed by atoms with Crippen molar-refractivity contribution in [3.63, 3.8) is 0 Å². The summed E-state index contributed by atoms with van der Waals surface area (Å²) in [5, 5.41) is 2.74. The van der Waals surface area contributed by atoms with E-state index in [0.717, 1.165) is 11.3 Å². The average molecular weight is 306 g/mol. The molecule has 0 aromatic heterocycles. The maximum atomic E-state index is 15.1. The molecule has 0 spiro atoms. The molecule has 1 N–H and O–H groups in total. The molecule has 4 rings (SSSR count). The molecular weight excluding hydrogens is 290 g/mol. The van der Waals surface area contributed by atoms with Crippen LogP contribution < -0.4 is 5.32 Å². The Labute approximate surface area is 126 Å². The minimum atomic E-state index is -3.73. The molecule has 2 heterocycles. The van der Waals surface area contributed by atoms with E-state index in [1.165, 1.54) is 0 Å². The Balaban J connectivity index is 1.79. The van der Waals surface area contributed by atoms with Gasteiger partial charge in [-0.2, -0.15) is 8.78 Å². The summed E-state index contributed by atoms with van der Waals surface area (Å²) in [6.07, 6.45) is 1.81. The fraction of sp³-hybridized carbons (Fsp3) is 0.500. The van der Waals surface area contributed by atoms with E-state index in [2.05, 4.69) is 5.32 Å². The van der Waals surface area contributed by atoms with E-state index < -0.39 is 29.1 Å². The van der Waals surface area contributed by atoms with Gasteiger partial charge in [-0.25, -0.2) is 0 Å². The molecule has 0 bridgehead atoms. The number of nitrogens with zero attached hydrogens (tertiary/aromatic N) is 1. The van der Waals surface area contributed by atoms with Crippen LogP contribution in [0, 0.1) is 5.92 Å². The van der Waals surface area contributed by atoms with Crippen LogP contribution in [0.4, 0.5) is 14.5 Å². The number of ketones is 1. The molecule has 1 saturated carbocycles. The number of carbonyl (C=O) groups is 2. The molecule has 1 aromatic carbocycles. The van der Waals surface area contributed by atoms with E-state index in [9.17, 15) is 9.59 Å². The Morgan fingerprint density at radius 1 is 1.27 bits per heavy atom. The Morgan fingerprint density at radius 2 is 1.95 bits per heavy atom. The molecule has 3 aliphatic rings. The molecule has 1 unspecified atom stereocenters. The fourth-order valence-electron chi connectivity index (χ4n) is 3.44. The molecule has 6 heteroatoms. The van der Waals surface area contributed by atoms with Crippen molar-refractivity contribution < 1.29 is 18.4 Å². The van der Waals surface area contributed by atoms with Gasteiger partial charge in [0, 0.05) is 24.3 Å². The van der Waals surface area contributed by atoms with Gasteiger partial charge in [0.2, 0.25) is 0 Å². The summed E-state index contributed by atoms with van der Waals surface area (Å²) in [6.45, 7) is 0.687. The van der Waals surface area contributed by atoms with Gasteiger partial charge in [-0.3, -0.25) is 9.59 Å². The first-order valence-corrected chi connectivity index (χ1v) is 7.57. The third-order valence-corrected chi connectivity index (χ3v) is 4.96. The number of amides is 1. The fourth-order valence-corrected chi connectivity index (χ4v) is 3.44. The molecule has 4 nitrogen and oxygen atoms in total. The molecule has 1 atom stereocenters. The first-order valence-electron chi connectivity index (χ1n) is 7.57. The van der Waals surface area contributed by atoms with Crippen molar-refractivity contribution in [2.24, 2.45) is 5.92 Å². The topological polar surface area (TPSA) is 49.4 Å². The zero-order valence-corrected chi connectivity index (χ0v) is 11.9. The highest BCUT2D eigenvalue weighted by Crippen LogP contribution is 2.55. The van der Waals surface area contributed by atoms with Gasteiger partial charge >= 0.3 is 5.92 Å². The maximum absolute atomic E-state index is 15.1. The summed E-state index contributed by atoms with van der Waals surface area (Å²) in [5.74, 6) is -6.10. The van der Waals surface area contributed by atoms with Crippen molar-refractivity contribution in [1.29, 1.82) is 0 Å². The third kappa shape index (κ3) is 1.55. The molecule has 1 aliphatic carbocycles. The lowest BCUT2D eigenvalue weighted by Gasteiger charge is -2.41. The number of hydrogen-bond acceptors (Lipinski definition) is 3. The van der Waals surface area contributed by atoms with E-state index >= 15 is 8.78 Å². The van der Waals surface area contributed by atoms with Crippen molar-refractivity contribution in [3.05, 3.63) is 29.8 Å². The van der Waals surface area contributed by atoms with Gasteiger partial charge in [0.25, 0.3) is 5.91 Å². The van der Waals surface area contributed by atoms with Gasteiger partial charge in [-0.15, -0.1) is 0 Å². The second kappa shape index (κ2) is 4.27. The van der Waals surface area contributed by atoms with Crippen LogP contribution in [-0.4, -0.2) is 41.1 Å². The molecule has 1 saturated heterocycles. The number of para-hydroxylation sites is 1. The lowest BCUT2D eigenvalue weighted by atomic mass is 9.81. The third-order valence-electron chi connectivity index (χ3n) is 4.96. The van der Waals surface area contributed by atoms with E-state index in [1.54, 1.807) is 24.3 Å². The maximum Gasteiger partial charge on any atom is 0.354 e. The molecule has 1 amide bonds. The normalized spacial score (nSPS) is 27.2. The van der Waals surface area contributed by atoms with Crippen molar-refractivity contribution in [3.8, 4) is 0 Å². The number of anilines is 1. The van der Waals surface area contributed by atoms with Crippen molar-refractivity contribution in [2.75, 3.05) is 18.4 Å². The van der Waals surface area contributed by atoms with Gasteiger partial charge in [0.05, 0.1) is 0 Å². The molecule has 0 radical (unpaired) electrons. The predicted molar refractivity (Wildman–Crippen MR) is 76.0 cm³/mol. The standard InChI is InChI=1S/C16H16F2N2O2/c17-16(18,14(22)20-8-3-9-20)15(10-6-7-10)13(21)11-4-1-2-5-12(11)19-15/h1-2,4-5,10,19H,3,6-9H2. The Kier molecular flexibility index (Phi) is 2.65. The van der Waals surface area contributed by atoms with Gasteiger partial charge < -0.3 is 10.2 Å². The molecule has 2 aliphatic heterocycles. The van der Waals surface area contributed by atoms with Crippen molar-refractivity contribution in [2.45, 2.75) is 30.7 Å². The van der Waals surface area contributed by atoms with Gasteiger partial charge in [0.1, 0.15) is 0 Å². The summed E-state index contributed by atoms with van der Waals surface area (Å²) < 4.78 is 30.2. The van der Waals surface area contributed by atoms with E-state index in [1.807, 2.05) is 0 Å². The van der Waals surface area contributed by atoms with Gasteiger partial charge in [-0.05, 0) is 37.3 Å². The average Bonchev–Trinajstić information content (AvgIpc) is 3.23. The monoisotopic (exact) mass is 306 g/mol. The summed E-state index contributed by atoms with van der Waals surface area (Å²) in [6, 6.07) is 6.49. The second-order valence-corrected chi connectivity index (χ2v) is 6.30. The largest absolute Gasteiger partial charge is 0.366 e. The van der Waals surface area contributed by atoms with Crippen molar-refractivity contribution >= 4 is 17.4 Å². The zero-order valence-electron chi connectivity index (χ0n) is 11.9. The molecule has 116 valence electrons. The van der Waals surface area contributed by atoms with Crippen LogP contribution in [0.25, 0.3) is 0 Å².